The Balaban J connectivity index is 1.98. The zero-order chi connectivity index (χ0) is 16.1. The molecule has 3 N–H and O–H groups in total. The van der Waals surface area contributed by atoms with E-state index >= 15 is 0 Å². The van der Waals surface area contributed by atoms with Gasteiger partial charge in [0.2, 0.25) is 5.91 Å². The highest BCUT2D eigenvalue weighted by Crippen LogP contribution is 2.20. The van der Waals surface area contributed by atoms with Crippen molar-refractivity contribution in [3.63, 3.8) is 0 Å². The van der Waals surface area contributed by atoms with E-state index in [0.29, 0.717) is 18.0 Å². The van der Waals surface area contributed by atoms with E-state index in [4.69, 9.17) is 5.73 Å². The minimum absolute atomic E-state index is 0.0598. The van der Waals surface area contributed by atoms with Gasteiger partial charge in [-0.05, 0) is 43.4 Å². The van der Waals surface area contributed by atoms with Gasteiger partial charge in [-0.1, -0.05) is 12.1 Å². The van der Waals surface area contributed by atoms with Crippen molar-refractivity contribution in [2.24, 2.45) is 11.7 Å². The minimum atomic E-state index is -0.0598. The molecule has 1 aliphatic rings. The first kappa shape index (κ1) is 16.5. The highest BCUT2D eigenvalue weighted by Gasteiger charge is 2.26. The minimum Gasteiger partial charge on any atom is -0.352 e. The molecule has 120 valence electrons. The van der Waals surface area contributed by atoms with Crippen LogP contribution in [0, 0.1) is 5.92 Å². The maximum Gasteiger partial charge on any atom is 0.253 e. The molecule has 0 radical (unpaired) electrons. The summed E-state index contributed by atoms with van der Waals surface area (Å²) in [7, 11) is 0. The van der Waals surface area contributed by atoms with Crippen LogP contribution in [0.25, 0.3) is 0 Å². The summed E-state index contributed by atoms with van der Waals surface area (Å²) in [6.07, 6.45) is 2.11. The Morgan fingerprint density at radius 2 is 2.05 bits per heavy atom. The van der Waals surface area contributed by atoms with Crippen molar-refractivity contribution in [3.05, 3.63) is 35.4 Å². The first-order chi connectivity index (χ1) is 10.5. The largest absolute Gasteiger partial charge is 0.352 e. The molecule has 0 aromatic heterocycles. The van der Waals surface area contributed by atoms with Crippen molar-refractivity contribution >= 4 is 11.8 Å². The van der Waals surface area contributed by atoms with E-state index in [1.165, 1.54) is 6.92 Å². The number of carbonyl (C=O) groups excluding carboxylic acids is 2. The third-order valence-corrected chi connectivity index (χ3v) is 4.23. The number of likely N-dealkylation sites (tertiary alicyclic amines) is 1. The normalized spacial score (nSPS) is 19.6. The van der Waals surface area contributed by atoms with Crippen molar-refractivity contribution in [2.75, 3.05) is 13.1 Å². The summed E-state index contributed by atoms with van der Waals surface area (Å²) < 4.78 is 0. The van der Waals surface area contributed by atoms with Crippen LogP contribution < -0.4 is 11.1 Å². The molecule has 1 heterocycles. The summed E-state index contributed by atoms with van der Waals surface area (Å²) in [5.74, 6) is 0.392. The average molecular weight is 303 g/mol. The Labute approximate surface area is 131 Å². The van der Waals surface area contributed by atoms with Crippen LogP contribution >= 0.6 is 0 Å². The number of piperidine rings is 1. The second-order valence-electron chi connectivity index (χ2n) is 6.12. The Morgan fingerprint density at radius 1 is 1.36 bits per heavy atom. The molecule has 2 amide bonds. The molecule has 1 fully saturated rings. The molecular formula is C17H25N3O2. The fraction of sp³-hybridized carbons (Fsp3) is 0.529. The van der Waals surface area contributed by atoms with Gasteiger partial charge < -0.3 is 16.0 Å². The van der Waals surface area contributed by atoms with E-state index in [1.807, 2.05) is 36.1 Å². The fourth-order valence-electron chi connectivity index (χ4n) is 2.80. The van der Waals surface area contributed by atoms with E-state index in [2.05, 4.69) is 5.32 Å². The molecule has 1 saturated heterocycles. The van der Waals surface area contributed by atoms with E-state index < -0.39 is 0 Å². The quantitative estimate of drug-likeness (QED) is 0.885. The van der Waals surface area contributed by atoms with Crippen molar-refractivity contribution in [3.8, 4) is 0 Å². The van der Waals surface area contributed by atoms with E-state index in [9.17, 15) is 9.59 Å². The smallest absolute Gasteiger partial charge is 0.253 e. The van der Waals surface area contributed by atoms with Crippen molar-refractivity contribution in [2.45, 2.75) is 39.3 Å². The van der Waals surface area contributed by atoms with Crippen LogP contribution in [0.5, 0.6) is 0 Å². The molecule has 0 unspecified atom stereocenters. The third kappa shape index (κ3) is 4.31. The molecule has 5 heteroatoms. The lowest BCUT2D eigenvalue weighted by Gasteiger charge is -2.34. The van der Waals surface area contributed by atoms with Gasteiger partial charge in [-0.2, -0.15) is 0 Å². The second kappa shape index (κ2) is 7.40. The number of nitrogens with one attached hydrogen (secondary N) is 1. The first-order valence-electron chi connectivity index (χ1n) is 7.85. The zero-order valence-electron chi connectivity index (χ0n) is 13.3. The van der Waals surface area contributed by atoms with Gasteiger partial charge in [0, 0.05) is 38.2 Å². The van der Waals surface area contributed by atoms with Gasteiger partial charge in [-0.25, -0.2) is 0 Å². The molecule has 0 spiro atoms. The van der Waals surface area contributed by atoms with Gasteiger partial charge >= 0.3 is 0 Å². The number of rotatable bonds is 4. The van der Waals surface area contributed by atoms with E-state index in [1.54, 1.807) is 0 Å². The van der Waals surface area contributed by atoms with Gasteiger partial charge in [0.1, 0.15) is 0 Å². The molecule has 5 nitrogen and oxygen atoms in total. The van der Waals surface area contributed by atoms with Gasteiger partial charge in [0.25, 0.3) is 5.91 Å². The summed E-state index contributed by atoms with van der Waals surface area (Å²) in [6, 6.07) is 7.55. The predicted octanol–water partition coefficient (Wildman–Crippen LogP) is 1.52. The maximum atomic E-state index is 12.6. The van der Waals surface area contributed by atoms with E-state index in [-0.39, 0.29) is 17.9 Å². The second-order valence-corrected chi connectivity index (χ2v) is 6.12. The Kier molecular flexibility index (Phi) is 5.55. The highest BCUT2D eigenvalue weighted by molar-refractivity contribution is 5.94. The number of benzene rings is 1. The van der Waals surface area contributed by atoms with E-state index in [0.717, 1.165) is 31.5 Å². The van der Waals surface area contributed by atoms with Crippen molar-refractivity contribution < 1.29 is 9.59 Å². The number of carbonyl (C=O) groups is 2. The summed E-state index contributed by atoms with van der Waals surface area (Å²) >= 11 is 0. The van der Waals surface area contributed by atoms with Gasteiger partial charge in [0.15, 0.2) is 0 Å². The lowest BCUT2D eigenvalue weighted by Crippen LogP contribution is -2.45. The average Bonchev–Trinajstić information content (AvgIpc) is 2.53. The maximum absolute atomic E-state index is 12.6. The Morgan fingerprint density at radius 3 is 2.64 bits per heavy atom. The van der Waals surface area contributed by atoms with Crippen LogP contribution in [0.4, 0.5) is 0 Å². The van der Waals surface area contributed by atoms with Crippen LogP contribution in [-0.4, -0.2) is 35.8 Å². The number of hydrogen-bond acceptors (Lipinski definition) is 3. The zero-order valence-corrected chi connectivity index (χ0v) is 13.3. The lowest BCUT2D eigenvalue weighted by atomic mass is 9.92. The van der Waals surface area contributed by atoms with Gasteiger partial charge in [0.05, 0.1) is 0 Å². The summed E-state index contributed by atoms with van der Waals surface area (Å²) in [5.41, 5.74) is 7.65. The monoisotopic (exact) mass is 303 g/mol. The lowest BCUT2D eigenvalue weighted by molar-refractivity contribution is -0.119. The van der Waals surface area contributed by atoms with Crippen LogP contribution in [-0.2, 0) is 11.3 Å². The topological polar surface area (TPSA) is 75.4 Å². The van der Waals surface area contributed by atoms with Crippen molar-refractivity contribution in [1.82, 2.24) is 10.2 Å². The van der Waals surface area contributed by atoms with Gasteiger partial charge in [-0.15, -0.1) is 0 Å². The Hall–Kier alpha value is -1.88. The number of hydrogen-bond donors (Lipinski definition) is 2. The molecule has 0 aliphatic carbocycles. The van der Waals surface area contributed by atoms with Gasteiger partial charge in [-0.3, -0.25) is 9.59 Å². The molecule has 1 aromatic carbocycles. The molecular weight excluding hydrogens is 278 g/mol. The van der Waals surface area contributed by atoms with Crippen LogP contribution in [0.3, 0.4) is 0 Å². The number of nitrogens with two attached hydrogens (primary N) is 1. The van der Waals surface area contributed by atoms with Crippen LogP contribution in [0.2, 0.25) is 0 Å². The highest BCUT2D eigenvalue weighted by atomic mass is 16.2. The molecule has 1 aliphatic heterocycles. The van der Waals surface area contributed by atoms with Crippen LogP contribution in [0.1, 0.15) is 42.6 Å². The van der Waals surface area contributed by atoms with Crippen molar-refractivity contribution in [1.29, 1.82) is 0 Å². The number of amides is 2. The predicted molar refractivity (Wildman–Crippen MR) is 86.2 cm³/mol. The summed E-state index contributed by atoms with van der Waals surface area (Å²) in [5, 5.41) is 2.74. The third-order valence-electron chi connectivity index (χ3n) is 4.23. The molecule has 22 heavy (non-hydrogen) atoms. The standard InChI is InChI=1S/C17H25N3O2/c1-12(18)16-4-3-9-20(11-16)17(22)15-7-5-14(6-8-15)10-19-13(2)21/h5-8,12,16H,3-4,9-11,18H2,1-2H3,(H,19,21)/t12-,16-/m0/s1. The summed E-state index contributed by atoms with van der Waals surface area (Å²) in [4.78, 5) is 25.4. The Bertz CT molecular complexity index is 525. The number of nitrogens with zero attached hydrogens (tertiary/aromatic N) is 1. The molecule has 0 saturated carbocycles. The fourth-order valence-corrected chi connectivity index (χ4v) is 2.80. The summed E-state index contributed by atoms with van der Waals surface area (Å²) in [6.45, 7) is 5.53. The molecule has 2 rings (SSSR count). The molecule has 0 bridgehead atoms. The molecule has 2 atom stereocenters. The molecule has 1 aromatic rings. The first-order valence-corrected chi connectivity index (χ1v) is 7.85. The van der Waals surface area contributed by atoms with Crippen LogP contribution in [0.15, 0.2) is 24.3 Å². The SMILES string of the molecule is CC(=O)NCc1ccc(C(=O)N2CCC[C@H]([C@H](C)N)C2)cc1.